The van der Waals surface area contributed by atoms with E-state index in [2.05, 4.69) is 20.6 Å². The third-order valence-electron chi connectivity index (χ3n) is 4.02. The number of nitrogens with one attached hydrogen (secondary N) is 1. The highest BCUT2D eigenvalue weighted by molar-refractivity contribution is 7.19. The smallest absolute Gasteiger partial charge is 0.261 e. The van der Waals surface area contributed by atoms with Gasteiger partial charge in [-0.3, -0.25) is 4.79 Å². The number of benzene rings is 2. The van der Waals surface area contributed by atoms with Gasteiger partial charge in [-0.15, -0.1) is 10.2 Å². The summed E-state index contributed by atoms with van der Waals surface area (Å²) < 4.78 is 74.4. The third-order valence-corrected chi connectivity index (χ3v) is 4.98. The number of hydrogen-bond acceptors (Lipinski definition) is 6. The molecule has 1 amide bonds. The van der Waals surface area contributed by atoms with Crippen molar-refractivity contribution in [2.75, 3.05) is 12.4 Å². The van der Waals surface area contributed by atoms with Crippen LogP contribution in [-0.4, -0.2) is 32.8 Å². The number of methoxy groups -OCH3 is 1. The second-order valence-electron chi connectivity index (χ2n) is 5.78. The van der Waals surface area contributed by atoms with Gasteiger partial charge in [-0.1, -0.05) is 11.3 Å². The average molecular weight is 441 g/mol. The summed E-state index contributed by atoms with van der Waals surface area (Å²) in [5, 5.41) is 14.3. The molecule has 1 N–H and O–H groups in total. The summed E-state index contributed by atoms with van der Waals surface area (Å²) >= 11 is 1.17. The van der Waals surface area contributed by atoms with Gasteiger partial charge >= 0.3 is 0 Å². The zero-order valence-electron chi connectivity index (χ0n) is 14.7. The van der Waals surface area contributed by atoms with Crippen molar-refractivity contribution >= 4 is 27.9 Å². The van der Waals surface area contributed by atoms with Crippen LogP contribution >= 0.6 is 11.3 Å². The number of nitrogens with zero attached hydrogens (tertiary/aromatic N) is 4. The molecule has 7 nitrogen and oxygen atoms in total. The molecule has 0 spiro atoms. The largest absolute Gasteiger partial charge is 0.495 e. The number of ether oxygens (including phenoxy) is 1. The Hall–Kier alpha value is -3.61. The van der Waals surface area contributed by atoms with Crippen LogP contribution in [0.5, 0.6) is 5.75 Å². The number of anilines is 1. The molecule has 0 aliphatic carbocycles. The predicted octanol–water partition coefficient (Wildman–Crippen LogP) is 3.81. The van der Waals surface area contributed by atoms with E-state index in [-0.39, 0.29) is 11.4 Å². The first kappa shape index (κ1) is 19.7. The molecule has 2 aromatic heterocycles. The molecule has 154 valence electrons. The second-order valence-corrected chi connectivity index (χ2v) is 6.74. The molecule has 2 heterocycles. The highest BCUT2D eigenvalue weighted by atomic mass is 32.1. The number of halogens is 5. The number of hydrogen-bond donors (Lipinski definition) is 1. The first-order valence-corrected chi connectivity index (χ1v) is 8.81. The molecule has 0 fully saturated rings. The van der Waals surface area contributed by atoms with Crippen LogP contribution in [0.25, 0.3) is 15.5 Å². The van der Waals surface area contributed by atoms with E-state index in [1.165, 1.54) is 41.4 Å². The lowest BCUT2D eigenvalue weighted by atomic mass is 10.1. The van der Waals surface area contributed by atoms with Gasteiger partial charge in [0.25, 0.3) is 5.91 Å². The fourth-order valence-electron chi connectivity index (χ4n) is 2.60. The maximum absolute atomic E-state index is 13.9. The van der Waals surface area contributed by atoms with Gasteiger partial charge in [-0.2, -0.15) is 9.61 Å². The monoisotopic (exact) mass is 441 g/mol. The Kier molecular flexibility index (Phi) is 4.81. The van der Waals surface area contributed by atoms with Crippen LogP contribution in [0, 0.1) is 29.1 Å². The summed E-state index contributed by atoms with van der Waals surface area (Å²) in [5.41, 5.74) is -1.22. The SMILES string of the molecule is COc1ccc(-c2nn3cnnc3s2)cc1NC(=O)c1c(F)c(F)c(F)c(F)c1F. The van der Waals surface area contributed by atoms with Crippen LogP contribution in [-0.2, 0) is 0 Å². The summed E-state index contributed by atoms with van der Waals surface area (Å²) in [6.45, 7) is 0. The number of amides is 1. The highest BCUT2D eigenvalue weighted by Crippen LogP contribution is 2.33. The van der Waals surface area contributed by atoms with Crippen molar-refractivity contribution in [3.8, 4) is 16.3 Å². The van der Waals surface area contributed by atoms with Gasteiger partial charge in [0.2, 0.25) is 10.8 Å². The normalized spacial score (nSPS) is 11.1. The molecule has 4 aromatic rings. The van der Waals surface area contributed by atoms with Crippen LogP contribution in [0.3, 0.4) is 0 Å². The molecule has 0 bridgehead atoms. The summed E-state index contributed by atoms with van der Waals surface area (Å²) in [5.74, 6) is -12.8. The van der Waals surface area contributed by atoms with Gasteiger partial charge in [0.1, 0.15) is 22.6 Å². The number of carbonyl (C=O) groups excluding carboxylic acids is 1. The summed E-state index contributed by atoms with van der Waals surface area (Å²) in [7, 11) is 1.27. The van der Waals surface area contributed by atoms with Crippen molar-refractivity contribution in [3.63, 3.8) is 0 Å². The van der Waals surface area contributed by atoms with E-state index in [0.717, 1.165) is 0 Å². The predicted molar refractivity (Wildman–Crippen MR) is 94.8 cm³/mol. The molecular formula is C17H8F5N5O2S. The topological polar surface area (TPSA) is 81.4 Å². The van der Waals surface area contributed by atoms with Crippen LogP contribution in [0.1, 0.15) is 10.4 Å². The van der Waals surface area contributed by atoms with Crippen LogP contribution < -0.4 is 10.1 Å². The first-order valence-electron chi connectivity index (χ1n) is 7.99. The summed E-state index contributed by atoms with van der Waals surface area (Å²) in [4.78, 5) is 12.8. The Morgan fingerprint density at radius 3 is 2.37 bits per heavy atom. The number of carbonyl (C=O) groups is 1. The molecule has 30 heavy (non-hydrogen) atoms. The van der Waals surface area contributed by atoms with E-state index in [4.69, 9.17) is 4.74 Å². The number of rotatable bonds is 4. The van der Waals surface area contributed by atoms with Crippen molar-refractivity contribution in [3.05, 3.63) is 59.2 Å². The van der Waals surface area contributed by atoms with Crippen molar-refractivity contribution < 1.29 is 31.5 Å². The molecule has 0 aliphatic rings. The average Bonchev–Trinajstić information content (AvgIpc) is 3.33. The Morgan fingerprint density at radius 1 is 1.07 bits per heavy atom. The Labute approximate surface area is 167 Å². The standard InChI is InChI=1S/C17H8F5N5O2S/c1-29-8-3-2-6(16-26-27-5-23-25-17(27)30-16)4-7(8)24-15(28)9-10(18)12(20)14(22)13(21)11(9)19/h2-5H,1H3,(H,24,28). The first-order chi connectivity index (χ1) is 14.3. The van der Waals surface area contributed by atoms with Gasteiger partial charge in [0.15, 0.2) is 23.3 Å². The Balaban J connectivity index is 1.74. The lowest BCUT2D eigenvalue weighted by Gasteiger charge is -2.13. The van der Waals surface area contributed by atoms with E-state index < -0.39 is 40.6 Å². The maximum atomic E-state index is 13.9. The molecule has 0 saturated heterocycles. The van der Waals surface area contributed by atoms with E-state index in [9.17, 15) is 26.7 Å². The Bertz CT molecular complexity index is 1250. The van der Waals surface area contributed by atoms with Crippen molar-refractivity contribution in [1.29, 1.82) is 0 Å². The summed E-state index contributed by atoms with van der Waals surface area (Å²) in [6, 6.07) is 4.40. The minimum atomic E-state index is -2.36. The van der Waals surface area contributed by atoms with E-state index >= 15 is 0 Å². The molecule has 0 atom stereocenters. The fraction of sp³-hybridized carbons (Fsp3) is 0.0588. The quantitative estimate of drug-likeness (QED) is 0.296. The molecule has 13 heteroatoms. The van der Waals surface area contributed by atoms with Crippen molar-refractivity contribution in [2.45, 2.75) is 0 Å². The van der Waals surface area contributed by atoms with E-state index in [0.29, 0.717) is 15.5 Å². The van der Waals surface area contributed by atoms with Crippen LogP contribution in [0.15, 0.2) is 24.5 Å². The molecule has 0 radical (unpaired) electrons. The molecule has 0 aliphatic heterocycles. The second kappa shape index (κ2) is 7.33. The molecule has 0 saturated carbocycles. The molecule has 0 unspecified atom stereocenters. The zero-order valence-corrected chi connectivity index (χ0v) is 15.5. The zero-order chi connectivity index (χ0) is 21.6. The van der Waals surface area contributed by atoms with Crippen LogP contribution in [0.2, 0.25) is 0 Å². The lowest BCUT2D eigenvalue weighted by molar-refractivity contribution is 0.101. The Morgan fingerprint density at radius 2 is 1.73 bits per heavy atom. The minimum Gasteiger partial charge on any atom is -0.495 e. The highest BCUT2D eigenvalue weighted by Gasteiger charge is 2.30. The van der Waals surface area contributed by atoms with Gasteiger partial charge < -0.3 is 10.1 Å². The lowest BCUT2D eigenvalue weighted by Crippen LogP contribution is -2.19. The van der Waals surface area contributed by atoms with Gasteiger partial charge in [0.05, 0.1) is 12.8 Å². The number of aromatic nitrogens is 4. The van der Waals surface area contributed by atoms with E-state index in [1.807, 2.05) is 0 Å². The van der Waals surface area contributed by atoms with Crippen LogP contribution in [0.4, 0.5) is 27.6 Å². The molecular weight excluding hydrogens is 433 g/mol. The maximum Gasteiger partial charge on any atom is 0.261 e. The van der Waals surface area contributed by atoms with Crippen molar-refractivity contribution in [1.82, 2.24) is 19.8 Å². The van der Waals surface area contributed by atoms with Gasteiger partial charge in [0, 0.05) is 5.56 Å². The minimum absolute atomic E-state index is 0.0742. The van der Waals surface area contributed by atoms with Gasteiger partial charge in [-0.25, -0.2) is 22.0 Å². The summed E-state index contributed by atoms with van der Waals surface area (Å²) in [6.07, 6.45) is 1.38. The molecule has 4 rings (SSSR count). The van der Waals surface area contributed by atoms with Crippen molar-refractivity contribution in [2.24, 2.45) is 0 Å². The van der Waals surface area contributed by atoms with E-state index in [1.54, 1.807) is 6.07 Å². The number of fused-ring (bicyclic) bond motifs is 1. The third kappa shape index (κ3) is 3.12. The molecule has 2 aromatic carbocycles. The van der Waals surface area contributed by atoms with Gasteiger partial charge in [-0.05, 0) is 18.2 Å². The fourth-order valence-corrected chi connectivity index (χ4v) is 3.42.